The first-order valence-corrected chi connectivity index (χ1v) is 12.3. The summed E-state index contributed by atoms with van der Waals surface area (Å²) >= 11 is 0. The highest BCUT2D eigenvalue weighted by atomic mass is 32.2. The largest absolute Gasteiger partial charge is 0.339 e. The van der Waals surface area contributed by atoms with Crippen molar-refractivity contribution in [3.63, 3.8) is 0 Å². The lowest BCUT2D eigenvalue weighted by Crippen LogP contribution is -2.50. The maximum Gasteiger partial charge on any atom is 0.244 e. The molecule has 1 unspecified atom stereocenters. The molecular weight excluding hydrogens is 404 g/mol. The smallest absolute Gasteiger partial charge is 0.244 e. The minimum atomic E-state index is -3.34. The van der Waals surface area contributed by atoms with Crippen molar-refractivity contribution in [2.75, 3.05) is 37.7 Å². The highest BCUT2D eigenvalue weighted by molar-refractivity contribution is 7.92. The van der Waals surface area contributed by atoms with Gasteiger partial charge in [-0.25, -0.2) is 8.42 Å². The minimum absolute atomic E-state index is 0.0787. The van der Waals surface area contributed by atoms with Gasteiger partial charge in [-0.15, -0.1) is 0 Å². The number of sulfone groups is 1. The zero-order chi connectivity index (χ0) is 21.6. The highest BCUT2D eigenvalue weighted by Crippen LogP contribution is 2.23. The molecule has 1 fully saturated rings. The molecule has 164 valence electrons. The van der Waals surface area contributed by atoms with Crippen LogP contribution in [0.1, 0.15) is 45.0 Å². The number of carbonyl (C=O) groups excluding carboxylic acids is 1. The van der Waals surface area contributed by atoms with Gasteiger partial charge in [-0.05, 0) is 13.3 Å². The van der Waals surface area contributed by atoms with Gasteiger partial charge in [-0.3, -0.25) is 9.69 Å². The molecule has 0 aliphatic carbocycles. The molecule has 1 aromatic heterocycles. The first-order valence-electron chi connectivity index (χ1n) is 10.5. The van der Waals surface area contributed by atoms with E-state index in [0.717, 1.165) is 18.4 Å². The van der Waals surface area contributed by atoms with Crippen molar-refractivity contribution in [2.45, 2.75) is 39.2 Å². The second-order valence-electron chi connectivity index (χ2n) is 7.71. The summed E-state index contributed by atoms with van der Waals surface area (Å²) in [6.45, 7) is 6.27. The summed E-state index contributed by atoms with van der Waals surface area (Å²) in [7, 11) is -3.34. The van der Waals surface area contributed by atoms with Crippen LogP contribution in [0.2, 0.25) is 0 Å². The van der Waals surface area contributed by atoms with Gasteiger partial charge < -0.3 is 9.42 Å². The zero-order valence-corrected chi connectivity index (χ0v) is 18.5. The molecule has 0 N–H and O–H groups in total. The molecular formula is C21H30N4O4S. The molecule has 9 heteroatoms. The van der Waals surface area contributed by atoms with Crippen molar-refractivity contribution in [2.24, 2.45) is 0 Å². The molecule has 1 saturated heterocycles. The van der Waals surface area contributed by atoms with E-state index in [0.29, 0.717) is 44.3 Å². The topological polar surface area (TPSA) is 96.6 Å². The molecule has 0 saturated carbocycles. The van der Waals surface area contributed by atoms with Gasteiger partial charge in [0.15, 0.2) is 9.84 Å². The fourth-order valence-electron chi connectivity index (χ4n) is 3.55. The molecule has 1 amide bonds. The maximum absolute atomic E-state index is 12.4. The molecule has 3 rings (SSSR count). The number of hydrogen-bond donors (Lipinski definition) is 0. The summed E-state index contributed by atoms with van der Waals surface area (Å²) in [5.74, 6) is 0.482. The van der Waals surface area contributed by atoms with Crippen molar-refractivity contribution in [1.82, 2.24) is 19.9 Å². The van der Waals surface area contributed by atoms with Gasteiger partial charge in [-0.2, -0.15) is 4.98 Å². The van der Waals surface area contributed by atoms with Gasteiger partial charge in [0.25, 0.3) is 0 Å². The van der Waals surface area contributed by atoms with E-state index in [1.165, 1.54) is 0 Å². The first kappa shape index (κ1) is 22.4. The Bertz CT molecular complexity index is 921. The fraction of sp³-hybridized carbons (Fsp3) is 0.571. The van der Waals surface area contributed by atoms with E-state index in [2.05, 4.69) is 15.0 Å². The second kappa shape index (κ2) is 10.2. The Morgan fingerprint density at radius 2 is 1.83 bits per heavy atom. The third-order valence-corrected chi connectivity index (χ3v) is 7.05. The summed E-state index contributed by atoms with van der Waals surface area (Å²) in [5, 5.41) is 4.07. The second-order valence-corrected chi connectivity index (χ2v) is 9.90. The van der Waals surface area contributed by atoms with Gasteiger partial charge in [0.1, 0.15) is 5.75 Å². The Morgan fingerprint density at radius 1 is 1.13 bits per heavy atom. The molecule has 0 radical (unpaired) electrons. The van der Waals surface area contributed by atoms with E-state index in [1.54, 1.807) is 4.90 Å². The molecule has 30 heavy (non-hydrogen) atoms. The summed E-state index contributed by atoms with van der Waals surface area (Å²) in [4.78, 5) is 20.8. The fourth-order valence-corrected chi connectivity index (χ4v) is 4.89. The number of amides is 1. The zero-order valence-electron chi connectivity index (χ0n) is 17.7. The van der Waals surface area contributed by atoms with Crippen molar-refractivity contribution < 1.29 is 17.7 Å². The number of rotatable bonds is 9. The minimum Gasteiger partial charge on any atom is -0.339 e. The van der Waals surface area contributed by atoms with E-state index in [-0.39, 0.29) is 17.7 Å². The van der Waals surface area contributed by atoms with Crippen LogP contribution in [0.25, 0.3) is 11.4 Å². The lowest BCUT2D eigenvalue weighted by atomic mass is 10.2. The number of benzene rings is 1. The summed E-state index contributed by atoms with van der Waals surface area (Å²) < 4.78 is 29.8. The third-order valence-electron chi connectivity index (χ3n) is 5.45. The van der Waals surface area contributed by atoms with Gasteiger partial charge in [-0.1, -0.05) is 55.3 Å². The summed E-state index contributed by atoms with van der Waals surface area (Å²) in [6.07, 6.45) is 2.44. The predicted molar refractivity (Wildman–Crippen MR) is 114 cm³/mol. The number of nitrogens with zero attached hydrogens (tertiary/aromatic N) is 4. The van der Waals surface area contributed by atoms with E-state index in [4.69, 9.17) is 4.52 Å². The lowest BCUT2D eigenvalue weighted by molar-refractivity contribution is -0.130. The molecule has 0 bridgehead atoms. The normalized spacial score (nSPS) is 16.5. The van der Waals surface area contributed by atoms with Crippen LogP contribution < -0.4 is 0 Å². The van der Waals surface area contributed by atoms with Gasteiger partial charge in [0, 0.05) is 31.7 Å². The van der Waals surface area contributed by atoms with Crippen molar-refractivity contribution >= 4 is 15.7 Å². The van der Waals surface area contributed by atoms with E-state index in [9.17, 15) is 13.2 Å². The number of piperazine rings is 1. The number of carbonyl (C=O) groups is 1. The van der Waals surface area contributed by atoms with Gasteiger partial charge in [0.05, 0.1) is 11.8 Å². The Kier molecular flexibility index (Phi) is 7.60. The van der Waals surface area contributed by atoms with Crippen LogP contribution in [0, 0.1) is 0 Å². The molecule has 1 aliphatic heterocycles. The van der Waals surface area contributed by atoms with Crippen molar-refractivity contribution in [3.05, 3.63) is 36.2 Å². The number of hydrogen-bond acceptors (Lipinski definition) is 7. The lowest BCUT2D eigenvalue weighted by Gasteiger charge is -2.36. The van der Waals surface area contributed by atoms with E-state index < -0.39 is 15.6 Å². The molecule has 1 aliphatic rings. The summed E-state index contributed by atoms with van der Waals surface area (Å²) in [5.41, 5.74) is 0.898. The van der Waals surface area contributed by atoms with Crippen molar-refractivity contribution in [3.8, 4) is 11.4 Å². The highest BCUT2D eigenvalue weighted by Gasteiger charge is 2.29. The molecule has 1 aromatic carbocycles. The molecule has 8 nitrogen and oxygen atoms in total. The molecule has 2 heterocycles. The number of aromatic nitrogens is 2. The Hall–Kier alpha value is -2.26. The molecule has 0 spiro atoms. The SMILES string of the molecule is CCCCCS(=O)(=O)CC(=O)N1CCN(C(C)c2nc(-c3ccccc3)no2)CC1. The van der Waals surface area contributed by atoms with Crippen LogP contribution >= 0.6 is 0 Å². The first-order chi connectivity index (χ1) is 14.4. The van der Waals surface area contributed by atoms with E-state index in [1.807, 2.05) is 44.2 Å². The van der Waals surface area contributed by atoms with E-state index >= 15 is 0 Å². The van der Waals surface area contributed by atoms with Crippen molar-refractivity contribution in [1.29, 1.82) is 0 Å². The standard InChI is InChI=1S/C21H30N4O4S/c1-3-4-8-15-30(27,28)16-19(26)25-13-11-24(12-14-25)17(2)21-22-20(23-29-21)18-9-6-5-7-10-18/h5-7,9-10,17H,3-4,8,11-16H2,1-2H3. The Morgan fingerprint density at radius 3 is 2.50 bits per heavy atom. The quantitative estimate of drug-likeness (QED) is 0.560. The number of unbranched alkanes of at least 4 members (excludes halogenated alkanes) is 2. The average Bonchev–Trinajstić information content (AvgIpc) is 3.24. The summed E-state index contributed by atoms with van der Waals surface area (Å²) in [6, 6.07) is 9.57. The van der Waals surface area contributed by atoms with Crippen LogP contribution in [0.5, 0.6) is 0 Å². The molecule has 2 aromatic rings. The Balaban J connectivity index is 1.51. The van der Waals surface area contributed by atoms with Gasteiger partial charge >= 0.3 is 0 Å². The van der Waals surface area contributed by atoms with Crippen LogP contribution in [0.15, 0.2) is 34.9 Å². The maximum atomic E-state index is 12.4. The Labute approximate surface area is 178 Å². The monoisotopic (exact) mass is 434 g/mol. The predicted octanol–water partition coefficient (Wildman–Crippen LogP) is 2.55. The molecule has 1 atom stereocenters. The van der Waals surface area contributed by atoms with Crippen LogP contribution in [-0.2, 0) is 14.6 Å². The van der Waals surface area contributed by atoms with Crippen LogP contribution in [0.4, 0.5) is 0 Å². The van der Waals surface area contributed by atoms with Gasteiger partial charge in [0.2, 0.25) is 17.6 Å². The van der Waals surface area contributed by atoms with Crippen LogP contribution in [-0.4, -0.2) is 72.0 Å². The van der Waals surface area contributed by atoms with Crippen LogP contribution in [0.3, 0.4) is 0 Å². The average molecular weight is 435 g/mol. The third kappa shape index (κ3) is 5.89.